The van der Waals surface area contributed by atoms with E-state index in [1.807, 2.05) is 25.1 Å². The average Bonchev–Trinajstić information content (AvgIpc) is 2.34. The molecular formula is C14H18F3N. The highest BCUT2D eigenvalue weighted by Gasteiger charge is 2.34. The Hall–Kier alpha value is -1.29. The predicted molar refractivity (Wildman–Crippen MR) is 68.2 cm³/mol. The van der Waals surface area contributed by atoms with Gasteiger partial charge >= 0.3 is 6.18 Å². The van der Waals surface area contributed by atoms with Crippen LogP contribution in [0.5, 0.6) is 0 Å². The van der Waals surface area contributed by atoms with Gasteiger partial charge in [-0.2, -0.15) is 13.2 Å². The molecule has 1 nitrogen and oxygen atoms in total. The predicted octanol–water partition coefficient (Wildman–Crippen LogP) is 4.10. The molecule has 0 heterocycles. The zero-order chi connectivity index (χ0) is 13.8. The molecule has 0 amide bonds. The maximum Gasteiger partial charge on any atom is 0.407 e. The van der Waals surface area contributed by atoms with Crippen molar-refractivity contribution in [1.29, 1.82) is 0 Å². The van der Waals surface area contributed by atoms with Crippen molar-refractivity contribution in [2.24, 2.45) is 5.73 Å². The minimum atomic E-state index is -4.39. The van der Waals surface area contributed by atoms with Crippen LogP contribution in [0, 0.1) is 0 Å². The minimum Gasteiger partial charge on any atom is -0.317 e. The Balaban J connectivity index is 2.94. The van der Waals surface area contributed by atoms with Gasteiger partial charge in [-0.3, -0.25) is 0 Å². The molecule has 1 aromatic rings. The highest BCUT2D eigenvalue weighted by Crippen LogP contribution is 2.25. The van der Waals surface area contributed by atoms with E-state index in [-0.39, 0.29) is 0 Å². The van der Waals surface area contributed by atoms with Gasteiger partial charge in [0.05, 0.1) is 0 Å². The maximum atomic E-state index is 12.3. The molecule has 0 aliphatic heterocycles. The van der Waals surface area contributed by atoms with Crippen LogP contribution in [0.3, 0.4) is 0 Å². The smallest absolute Gasteiger partial charge is 0.317 e. The van der Waals surface area contributed by atoms with Crippen LogP contribution in [0.4, 0.5) is 13.2 Å². The van der Waals surface area contributed by atoms with Crippen LogP contribution in [0.15, 0.2) is 30.3 Å². The molecule has 0 spiro atoms. The third-order valence-corrected chi connectivity index (χ3v) is 3.00. The lowest BCUT2D eigenvalue weighted by molar-refractivity contribution is -0.136. The highest BCUT2D eigenvalue weighted by molar-refractivity contribution is 5.55. The van der Waals surface area contributed by atoms with Gasteiger partial charge in [0.15, 0.2) is 0 Å². The van der Waals surface area contributed by atoms with Gasteiger partial charge in [0, 0.05) is 0 Å². The SMILES string of the molecule is CCC(C)c1ccccc1C=C[C@H](N)C(F)(F)F. The first-order valence-corrected chi connectivity index (χ1v) is 5.95. The van der Waals surface area contributed by atoms with Crippen LogP contribution >= 0.6 is 0 Å². The minimum absolute atomic E-state index is 0.313. The van der Waals surface area contributed by atoms with Gasteiger partial charge < -0.3 is 5.73 Å². The monoisotopic (exact) mass is 257 g/mol. The summed E-state index contributed by atoms with van der Waals surface area (Å²) in [7, 11) is 0. The molecular weight excluding hydrogens is 239 g/mol. The van der Waals surface area contributed by atoms with Gasteiger partial charge in [0.1, 0.15) is 6.04 Å². The molecule has 0 saturated heterocycles. The highest BCUT2D eigenvalue weighted by atomic mass is 19.4. The summed E-state index contributed by atoms with van der Waals surface area (Å²) in [5.74, 6) is 0.313. The first kappa shape index (κ1) is 14.8. The summed E-state index contributed by atoms with van der Waals surface area (Å²) in [6.45, 7) is 4.10. The van der Waals surface area contributed by atoms with Crippen molar-refractivity contribution in [3.05, 3.63) is 41.5 Å². The lowest BCUT2D eigenvalue weighted by Crippen LogP contribution is -2.35. The molecule has 2 N–H and O–H groups in total. The molecule has 1 aromatic carbocycles. The number of halogens is 3. The summed E-state index contributed by atoms with van der Waals surface area (Å²) in [6.07, 6.45) is -0.987. The number of rotatable bonds is 4. The van der Waals surface area contributed by atoms with E-state index in [4.69, 9.17) is 5.73 Å². The zero-order valence-electron chi connectivity index (χ0n) is 10.5. The molecule has 18 heavy (non-hydrogen) atoms. The third kappa shape index (κ3) is 3.88. The van der Waals surface area contributed by atoms with E-state index in [2.05, 4.69) is 6.92 Å². The summed E-state index contributed by atoms with van der Waals surface area (Å²) in [6, 6.07) is 5.53. The van der Waals surface area contributed by atoms with Crippen molar-refractivity contribution in [3.63, 3.8) is 0 Å². The fourth-order valence-electron chi connectivity index (χ4n) is 1.65. The molecule has 0 saturated carbocycles. The van der Waals surface area contributed by atoms with Gasteiger partial charge in [-0.15, -0.1) is 0 Å². The number of hydrogen-bond donors (Lipinski definition) is 1. The Kier molecular flexibility index (Phi) is 4.96. The fraction of sp³-hybridized carbons (Fsp3) is 0.429. The Morgan fingerprint density at radius 1 is 1.28 bits per heavy atom. The molecule has 0 aliphatic rings. The summed E-state index contributed by atoms with van der Waals surface area (Å²) >= 11 is 0. The van der Waals surface area contributed by atoms with Crippen LogP contribution in [-0.4, -0.2) is 12.2 Å². The molecule has 2 atom stereocenters. The van der Waals surface area contributed by atoms with Crippen molar-refractivity contribution < 1.29 is 13.2 Å². The van der Waals surface area contributed by atoms with Crippen molar-refractivity contribution in [2.45, 2.75) is 38.4 Å². The normalized spacial score (nSPS) is 15.9. The lowest BCUT2D eigenvalue weighted by Gasteiger charge is -2.14. The topological polar surface area (TPSA) is 26.0 Å². The lowest BCUT2D eigenvalue weighted by atomic mass is 9.93. The van der Waals surface area contributed by atoms with Gasteiger partial charge in [0.2, 0.25) is 0 Å². The van der Waals surface area contributed by atoms with Crippen molar-refractivity contribution in [2.75, 3.05) is 0 Å². The van der Waals surface area contributed by atoms with Gasteiger partial charge in [0.25, 0.3) is 0 Å². The molecule has 0 bridgehead atoms. The third-order valence-electron chi connectivity index (χ3n) is 3.00. The first-order valence-electron chi connectivity index (χ1n) is 5.95. The second-order valence-corrected chi connectivity index (χ2v) is 4.36. The van der Waals surface area contributed by atoms with Crippen molar-refractivity contribution in [3.8, 4) is 0 Å². The van der Waals surface area contributed by atoms with Gasteiger partial charge in [-0.25, -0.2) is 0 Å². The quantitative estimate of drug-likeness (QED) is 0.863. The second-order valence-electron chi connectivity index (χ2n) is 4.36. The van der Waals surface area contributed by atoms with E-state index in [9.17, 15) is 13.2 Å². The van der Waals surface area contributed by atoms with Crippen LogP contribution in [-0.2, 0) is 0 Å². The summed E-state index contributed by atoms with van der Waals surface area (Å²) in [4.78, 5) is 0. The standard InChI is InChI=1S/C14H18F3N/c1-3-10(2)12-7-5-4-6-11(12)8-9-13(18)14(15,16)17/h4-10,13H,3,18H2,1-2H3/t10?,13-/m0/s1. The number of hydrogen-bond acceptors (Lipinski definition) is 1. The van der Waals surface area contributed by atoms with Crippen LogP contribution in [0.25, 0.3) is 6.08 Å². The van der Waals surface area contributed by atoms with Crippen molar-refractivity contribution in [1.82, 2.24) is 0 Å². The second kappa shape index (κ2) is 6.05. The number of alkyl halides is 3. The van der Waals surface area contributed by atoms with E-state index >= 15 is 0 Å². The molecule has 4 heteroatoms. The average molecular weight is 257 g/mol. The van der Waals surface area contributed by atoms with Crippen molar-refractivity contribution >= 4 is 6.08 Å². The summed E-state index contributed by atoms with van der Waals surface area (Å²) in [5, 5.41) is 0. The molecule has 0 fully saturated rings. The van der Waals surface area contributed by atoms with Crippen LogP contribution < -0.4 is 5.73 Å². The maximum absolute atomic E-state index is 12.3. The largest absolute Gasteiger partial charge is 0.407 e. The van der Waals surface area contributed by atoms with E-state index in [0.717, 1.165) is 23.6 Å². The van der Waals surface area contributed by atoms with Gasteiger partial charge in [-0.05, 0) is 23.5 Å². The van der Waals surface area contributed by atoms with Crippen LogP contribution in [0.2, 0.25) is 0 Å². The van der Waals surface area contributed by atoms with Gasteiger partial charge in [-0.1, -0.05) is 50.3 Å². The molecule has 1 unspecified atom stereocenters. The first-order chi connectivity index (χ1) is 8.36. The molecule has 0 radical (unpaired) electrons. The fourth-order valence-corrected chi connectivity index (χ4v) is 1.65. The van der Waals surface area contributed by atoms with Crippen LogP contribution in [0.1, 0.15) is 37.3 Å². The number of benzene rings is 1. The Morgan fingerprint density at radius 2 is 1.89 bits per heavy atom. The summed E-state index contributed by atoms with van der Waals surface area (Å²) in [5.41, 5.74) is 6.89. The zero-order valence-corrected chi connectivity index (χ0v) is 10.5. The Morgan fingerprint density at radius 3 is 2.44 bits per heavy atom. The Labute approximate surface area is 105 Å². The molecule has 1 rings (SSSR count). The molecule has 0 aromatic heterocycles. The number of nitrogens with two attached hydrogens (primary N) is 1. The van der Waals surface area contributed by atoms with E-state index in [0.29, 0.717) is 5.92 Å². The van der Waals surface area contributed by atoms with E-state index in [1.54, 1.807) is 6.07 Å². The molecule has 100 valence electrons. The summed E-state index contributed by atoms with van der Waals surface area (Å²) < 4.78 is 36.9. The van der Waals surface area contributed by atoms with E-state index < -0.39 is 12.2 Å². The Bertz CT molecular complexity index is 410. The van der Waals surface area contributed by atoms with E-state index in [1.165, 1.54) is 6.08 Å². The molecule has 0 aliphatic carbocycles.